The monoisotopic (exact) mass is 258 g/mol. The van der Waals surface area contributed by atoms with Crippen molar-refractivity contribution in [2.75, 3.05) is 0 Å². The molecule has 0 radical (unpaired) electrons. The summed E-state index contributed by atoms with van der Waals surface area (Å²) in [6, 6.07) is 5.12. The van der Waals surface area contributed by atoms with E-state index in [2.05, 4.69) is 10.1 Å². The van der Waals surface area contributed by atoms with Crippen molar-refractivity contribution in [2.45, 2.75) is 0 Å². The molecule has 0 aliphatic carbocycles. The smallest absolute Gasteiger partial charge is 0.258 e. The van der Waals surface area contributed by atoms with E-state index in [0.717, 1.165) is 6.07 Å². The van der Waals surface area contributed by atoms with Crippen molar-refractivity contribution in [1.29, 1.82) is 0 Å². The standard InChI is InChI=1S/C12H7FN4O2/c13-8-2-3-9(11(6-8)17(18)19)10-7-15-16-5-1-4-14-12(10)16/h1-7H. The van der Waals surface area contributed by atoms with E-state index in [4.69, 9.17) is 0 Å². The number of hydrogen-bond acceptors (Lipinski definition) is 4. The van der Waals surface area contributed by atoms with Gasteiger partial charge in [0.1, 0.15) is 5.82 Å². The van der Waals surface area contributed by atoms with Gasteiger partial charge in [-0.2, -0.15) is 5.10 Å². The molecule has 3 rings (SSSR count). The fraction of sp³-hybridized carbons (Fsp3) is 0. The summed E-state index contributed by atoms with van der Waals surface area (Å²) in [5.41, 5.74) is 0.963. The maximum atomic E-state index is 13.1. The van der Waals surface area contributed by atoms with Crippen molar-refractivity contribution in [2.24, 2.45) is 0 Å². The third kappa shape index (κ3) is 1.81. The number of nitro groups is 1. The van der Waals surface area contributed by atoms with Gasteiger partial charge in [-0.15, -0.1) is 0 Å². The van der Waals surface area contributed by atoms with Gasteiger partial charge in [-0.25, -0.2) is 13.9 Å². The van der Waals surface area contributed by atoms with E-state index in [1.807, 2.05) is 0 Å². The van der Waals surface area contributed by atoms with Crippen molar-refractivity contribution >= 4 is 11.3 Å². The number of aromatic nitrogens is 3. The zero-order valence-electron chi connectivity index (χ0n) is 9.52. The van der Waals surface area contributed by atoms with Crippen LogP contribution in [0, 0.1) is 15.9 Å². The Kier molecular flexibility index (Phi) is 2.45. The molecular formula is C12H7FN4O2. The molecule has 1 aromatic carbocycles. The Bertz CT molecular complexity index is 784. The van der Waals surface area contributed by atoms with Crippen LogP contribution in [0.5, 0.6) is 0 Å². The van der Waals surface area contributed by atoms with Gasteiger partial charge in [-0.05, 0) is 18.2 Å². The highest BCUT2D eigenvalue weighted by Crippen LogP contribution is 2.32. The third-order valence-corrected chi connectivity index (χ3v) is 2.73. The number of nitro benzene ring substituents is 1. The van der Waals surface area contributed by atoms with Crippen LogP contribution >= 0.6 is 0 Å². The lowest BCUT2D eigenvalue weighted by molar-refractivity contribution is -0.384. The van der Waals surface area contributed by atoms with Crippen LogP contribution in [0.1, 0.15) is 0 Å². The first-order chi connectivity index (χ1) is 9.16. The van der Waals surface area contributed by atoms with Gasteiger partial charge >= 0.3 is 0 Å². The summed E-state index contributed by atoms with van der Waals surface area (Å²) in [6.45, 7) is 0. The largest absolute Gasteiger partial charge is 0.280 e. The Labute approximate surface area is 106 Å². The summed E-state index contributed by atoms with van der Waals surface area (Å²) in [4.78, 5) is 14.5. The maximum absolute atomic E-state index is 13.1. The van der Waals surface area contributed by atoms with E-state index in [0.29, 0.717) is 16.8 Å². The van der Waals surface area contributed by atoms with E-state index in [1.165, 1.54) is 22.8 Å². The second-order valence-corrected chi connectivity index (χ2v) is 3.86. The van der Waals surface area contributed by atoms with Gasteiger partial charge in [0.25, 0.3) is 5.69 Å². The zero-order valence-corrected chi connectivity index (χ0v) is 9.52. The molecule has 0 spiro atoms. The minimum absolute atomic E-state index is 0.292. The molecule has 0 unspecified atom stereocenters. The minimum Gasteiger partial charge on any atom is -0.258 e. The molecule has 0 saturated heterocycles. The lowest BCUT2D eigenvalue weighted by atomic mass is 10.1. The molecular weight excluding hydrogens is 251 g/mol. The van der Waals surface area contributed by atoms with Crippen molar-refractivity contribution in [3.05, 3.63) is 58.8 Å². The SMILES string of the molecule is O=[N+]([O-])c1cc(F)ccc1-c1cnn2cccnc12. The highest BCUT2D eigenvalue weighted by Gasteiger charge is 2.19. The van der Waals surface area contributed by atoms with Crippen molar-refractivity contribution < 1.29 is 9.31 Å². The van der Waals surface area contributed by atoms with E-state index >= 15 is 0 Å². The number of benzene rings is 1. The van der Waals surface area contributed by atoms with Crippen LogP contribution in [0.2, 0.25) is 0 Å². The topological polar surface area (TPSA) is 73.3 Å². The molecule has 94 valence electrons. The van der Waals surface area contributed by atoms with E-state index < -0.39 is 10.7 Å². The Morgan fingerprint density at radius 2 is 2.16 bits per heavy atom. The summed E-state index contributed by atoms with van der Waals surface area (Å²) >= 11 is 0. The van der Waals surface area contributed by atoms with Crippen LogP contribution in [0.25, 0.3) is 16.8 Å². The Morgan fingerprint density at radius 1 is 1.32 bits per heavy atom. The Balaban J connectivity index is 2.30. The van der Waals surface area contributed by atoms with E-state index in [9.17, 15) is 14.5 Å². The quantitative estimate of drug-likeness (QED) is 0.522. The van der Waals surface area contributed by atoms with Crippen LogP contribution < -0.4 is 0 Å². The number of halogens is 1. The predicted molar refractivity (Wildman–Crippen MR) is 65.0 cm³/mol. The van der Waals surface area contributed by atoms with Crippen LogP contribution in [0.15, 0.2) is 42.9 Å². The molecule has 0 aliphatic rings. The number of rotatable bonds is 2. The first kappa shape index (κ1) is 11.3. The summed E-state index contributed by atoms with van der Waals surface area (Å²) in [5.74, 6) is -0.653. The second-order valence-electron chi connectivity index (χ2n) is 3.86. The van der Waals surface area contributed by atoms with E-state index in [1.54, 1.807) is 18.5 Å². The van der Waals surface area contributed by atoms with Crippen LogP contribution in [-0.4, -0.2) is 19.5 Å². The Hall–Kier alpha value is -2.83. The molecule has 0 saturated carbocycles. The first-order valence-corrected chi connectivity index (χ1v) is 5.39. The normalized spacial score (nSPS) is 10.8. The lowest BCUT2D eigenvalue weighted by Gasteiger charge is -2.01. The highest BCUT2D eigenvalue weighted by atomic mass is 19.1. The first-order valence-electron chi connectivity index (χ1n) is 5.39. The third-order valence-electron chi connectivity index (χ3n) is 2.73. The molecule has 7 heteroatoms. The van der Waals surface area contributed by atoms with Gasteiger partial charge in [0.2, 0.25) is 0 Å². The Morgan fingerprint density at radius 3 is 2.95 bits per heavy atom. The number of hydrogen-bond donors (Lipinski definition) is 0. The molecule has 0 N–H and O–H groups in total. The molecule has 6 nitrogen and oxygen atoms in total. The molecule has 2 aromatic heterocycles. The summed E-state index contributed by atoms with van der Waals surface area (Å²) in [6.07, 6.45) is 4.72. The fourth-order valence-corrected chi connectivity index (χ4v) is 1.90. The molecule has 0 amide bonds. The van der Waals surface area contributed by atoms with Crippen LogP contribution in [0.4, 0.5) is 10.1 Å². The van der Waals surface area contributed by atoms with E-state index in [-0.39, 0.29) is 5.69 Å². The van der Waals surface area contributed by atoms with Gasteiger partial charge in [0.15, 0.2) is 5.65 Å². The maximum Gasteiger partial charge on any atom is 0.280 e. The molecule has 3 aromatic rings. The lowest BCUT2D eigenvalue weighted by Crippen LogP contribution is -1.94. The van der Waals surface area contributed by atoms with Crippen LogP contribution in [-0.2, 0) is 0 Å². The molecule has 19 heavy (non-hydrogen) atoms. The van der Waals surface area contributed by atoms with Crippen molar-refractivity contribution in [3.63, 3.8) is 0 Å². The highest BCUT2D eigenvalue weighted by molar-refractivity contribution is 5.82. The molecule has 0 atom stereocenters. The van der Waals surface area contributed by atoms with Crippen molar-refractivity contribution in [3.8, 4) is 11.1 Å². The van der Waals surface area contributed by atoms with Gasteiger partial charge in [0, 0.05) is 12.4 Å². The summed E-state index contributed by atoms with van der Waals surface area (Å²) in [5, 5.41) is 15.1. The molecule has 0 aliphatic heterocycles. The average Bonchev–Trinajstić information content (AvgIpc) is 2.82. The number of fused-ring (bicyclic) bond motifs is 1. The predicted octanol–water partition coefficient (Wildman–Crippen LogP) is 2.44. The minimum atomic E-state index is -0.653. The fourth-order valence-electron chi connectivity index (χ4n) is 1.90. The van der Waals surface area contributed by atoms with Gasteiger partial charge < -0.3 is 0 Å². The molecule has 0 bridgehead atoms. The second kappa shape index (κ2) is 4.13. The van der Waals surface area contributed by atoms with Gasteiger partial charge in [-0.1, -0.05) is 0 Å². The zero-order chi connectivity index (χ0) is 13.4. The van der Waals surface area contributed by atoms with Gasteiger partial charge in [0.05, 0.1) is 28.3 Å². The van der Waals surface area contributed by atoms with Gasteiger partial charge in [-0.3, -0.25) is 10.1 Å². The molecule has 0 fully saturated rings. The average molecular weight is 258 g/mol. The molecule has 2 heterocycles. The summed E-state index contributed by atoms with van der Waals surface area (Å²) < 4.78 is 14.6. The summed E-state index contributed by atoms with van der Waals surface area (Å²) in [7, 11) is 0. The van der Waals surface area contributed by atoms with Crippen LogP contribution in [0.3, 0.4) is 0 Å². The number of nitrogens with zero attached hydrogens (tertiary/aromatic N) is 4. The van der Waals surface area contributed by atoms with Crippen molar-refractivity contribution in [1.82, 2.24) is 14.6 Å².